The van der Waals surface area contributed by atoms with E-state index in [9.17, 15) is 9.59 Å². The van der Waals surface area contributed by atoms with Gasteiger partial charge in [0, 0.05) is 13.1 Å². The van der Waals surface area contributed by atoms with Gasteiger partial charge in [-0.2, -0.15) is 0 Å². The molecule has 3 amide bonds. The molecule has 1 aliphatic heterocycles. The van der Waals surface area contributed by atoms with Crippen molar-refractivity contribution in [3.05, 3.63) is 53.6 Å². The first-order chi connectivity index (χ1) is 14.1. The Hall–Kier alpha value is -3.22. The van der Waals surface area contributed by atoms with E-state index in [0.717, 1.165) is 31.5 Å². The van der Waals surface area contributed by atoms with Crippen LogP contribution >= 0.6 is 0 Å². The number of rotatable bonds is 7. The number of carbonyl (C=O) groups excluding carboxylic acids is 2. The monoisotopic (exact) mass is 397 g/mol. The maximum atomic E-state index is 12.8. The van der Waals surface area contributed by atoms with Gasteiger partial charge in [0.2, 0.25) is 0 Å². The van der Waals surface area contributed by atoms with Gasteiger partial charge in [-0.25, -0.2) is 4.79 Å². The lowest BCUT2D eigenvalue weighted by Crippen LogP contribution is -2.34. The fourth-order valence-electron chi connectivity index (χ4n) is 3.32. The molecule has 0 aromatic heterocycles. The number of urea groups is 1. The normalized spacial score (nSPS) is 13.1. The minimum Gasteiger partial charge on any atom is -0.493 e. The maximum absolute atomic E-state index is 12.8. The first-order valence-electron chi connectivity index (χ1n) is 9.79. The third-order valence-electron chi connectivity index (χ3n) is 4.85. The van der Waals surface area contributed by atoms with Gasteiger partial charge in [0.1, 0.15) is 6.61 Å². The smallest absolute Gasteiger partial charge is 0.319 e. The summed E-state index contributed by atoms with van der Waals surface area (Å²) in [6.07, 6.45) is 2.04. The fourth-order valence-corrected chi connectivity index (χ4v) is 3.32. The van der Waals surface area contributed by atoms with Gasteiger partial charge in [-0.15, -0.1) is 0 Å². The molecule has 2 N–H and O–H groups in total. The zero-order chi connectivity index (χ0) is 20.6. The largest absolute Gasteiger partial charge is 0.493 e. The molecule has 7 heteroatoms. The number of nitrogens with one attached hydrogen (secondary N) is 2. The number of para-hydroxylation sites is 3. The molecule has 1 heterocycles. The van der Waals surface area contributed by atoms with Gasteiger partial charge < -0.3 is 25.0 Å². The molecule has 2 aromatic rings. The summed E-state index contributed by atoms with van der Waals surface area (Å²) < 4.78 is 10.9. The fraction of sp³-hybridized carbons (Fsp3) is 0.364. The number of methoxy groups -OCH3 is 1. The predicted molar refractivity (Wildman–Crippen MR) is 112 cm³/mol. The summed E-state index contributed by atoms with van der Waals surface area (Å²) in [4.78, 5) is 27.0. The van der Waals surface area contributed by atoms with Crippen LogP contribution in [0.25, 0.3) is 0 Å². The number of amides is 3. The quantitative estimate of drug-likeness (QED) is 0.702. The molecule has 3 rings (SSSR count). The Morgan fingerprint density at radius 3 is 2.48 bits per heavy atom. The molecule has 7 nitrogen and oxygen atoms in total. The van der Waals surface area contributed by atoms with E-state index in [-0.39, 0.29) is 11.9 Å². The second kappa shape index (κ2) is 9.82. The summed E-state index contributed by atoms with van der Waals surface area (Å²) in [6, 6.07) is 12.4. The average molecular weight is 397 g/mol. The summed E-state index contributed by atoms with van der Waals surface area (Å²) in [5, 5.41) is 5.59. The molecule has 0 atom stereocenters. The molecule has 0 saturated carbocycles. The zero-order valence-corrected chi connectivity index (χ0v) is 16.9. The Kier molecular flexibility index (Phi) is 6.94. The number of anilines is 1. The van der Waals surface area contributed by atoms with Gasteiger partial charge in [0.25, 0.3) is 5.91 Å². The van der Waals surface area contributed by atoms with Crippen LogP contribution in [0.1, 0.15) is 28.8 Å². The number of likely N-dealkylation sites (tertiary alicyclic amines) is 1. The van der Waals surface area contributed by atoms with Gasteiger partial charge in [-0.05, 0) is 43.5 Å². The summed E-state index contributed by atoms with van der Waals surface area (Å²) in [7, 11) is 1.58. The van der Waals surface area contributed by atoms with Crippen LogP contribution < -0.4 is 20.1 Å². The Labute approximate surface area is 171 Å². The van der Waals surface area contributed by atoms with Crippen LogP contribution in [0, 0.1) is 6.92 Å². The van der Waals surface area contributed by atoms with Gasteiger partial charge in [0.05, 0.1) is 24.9 Å². The van der Waals surface area contributed by atoms with Crippen molar-refractivity contribution >= 4 is 17.6 Å². The summed E-state index contributed by atoms with van der Waals surface area (Å²) in [6.45, 7) is 4.00. The van der Waals surface area contributed by atoms with Crippen molar-refractivity contribution in [3.8, 4) is 11.5 Å². The van der Waals surface area contributed by atoms with Gasteiger partial charge in [0.15, 0.2) is 11.5 Å². The number of nitrogens with zero attached hydrogens (tertiary/aromatic N) is 1. The molecule has 1 saturated heterocycles. The summed E-state index contributed by atoms with van der Waals surface area (Å²) >= 11 is 0. The van der Waals surface area contributed by atoms with Crippen LogP contribution in [-0.4, -0.2) is 50.2 Å². The first-order valence-corrected chi connectivity index (χ1v) is 9.79. The minimum absolute atomic E-state index is 0.0407. The highest BCUT2D eigenvalue weighted by molar-refractivity contribution is 6.04. The number of hydrogen-bond donors (Lipinski definition) is 2. The van der Waals surface area contributed by atoms with Crippen molar-refractivity contribution in [2.45, 2.75) is 19.8 Å². The molecule has 0 unspecified atom stereocenters. The van der Waals surface area contributed by atoms with E-state index >= 15 is 0 Å². The van der Waals surface area contributed by atoms with E-state index in [1.807, 2.05) is 48.2 Å². The second-order valence-corrected chi connectivity index (χ2v) is 6.88. The molecule has 2 aromatic carbocycles. The highest BCUT2D eigenvalue weighted by atomic mass is 16.5. The van der Waals surface area contributed by atoms with E-state index in [2.05, 4.69) is 10.6 Å². The zero-order valence-electron chi connectivity index (χ0n) is 16.9. The Bertz CT molecular complexity index is 863. The van der Waals surface area contributed by atoms with Gasteiger partial charge in [-0.1, -0.05) is 24.3 Å². The number of carbonyl (C=O) groups is 2. The topological polar surface area (TPSA) is 79.9 Å². The van der Waals surface area contributed by atoms with Crippen LogP contribution in [-0.2, 0) is 0 Å². The third-order valence-corrected chi connectivity index (χ3v) is 4.85. The van der Waals surface area contributed by atoms with Gasteiger partial charge >= 0.3 is 6.03 Å². The van der Waals surface area contributed by atoms with Crippen molar-refractivity contribution in [2.75, 3.05) is 38.7 Å². The maximum Gasteiger partial charge on any atom is 0.319 e. The van der Waals surface area contributed by atoms with Crippen LogP contribution in [0.15, 0.2) is 42.5 Å². The number of aryl methyl sites for hydroxylation is 1. The van der Waals surface area contributed by atoms with Crippen molar-refractivity contribution in [3.63, 3.8) is 0 Å². The molecular weight excluding hydrogens is 370 g/mol. The van der Waals surface area contributed by atoms with Crippen molar-refractivity contribution < 1.29 is 19.1 Å². The van der Waals surface area contributed by atoms with Crippen LogP contribution in [0.3, 0.4) is 0 Å². The SMILES string of the molecule is COc1ccccc1OCCNC(=O)Nc1c(C)cccc1C(=O)N1CCCC1. The molecule has 0 aliphatic carbocycles. The summed E-state index contributed by atoms with van der Waals surface area (Å²) in [5.41, 5.74) is 1.91. The molecule has 1 fully saturated rings. The van der Waals surface area contributed by atoms with E-state index in [0.29, 0.717) is 35.9 Å². The lowest BCUT2D eigenvalue weighted by Gasteiger charge is -2.19. The van der Waals surface area contributed by atoms with E-state index < -0.39 is 0 Å². The summed E-state index contributed by atoms with van der Waals surface area (Å²) in [5.74, 6) is 1.22. The second-order valence-electron chi connectivity index (χ2n) is 6.88. The lowest BCUT2D eigenvalue weighted by atomic mass is 10.1. The Morgan fingerprint density at radius 1 is 1.03 bits per heavy atom. The predicted octanol–water partition coefficient (Wildman–Crippen LogP) is 3.44. The first kappa shape index (κ1) is 20.5. The Morgan fingerprint density at radius 2 is 1.76 bits per heavy atom. The molecule has 1 aliphatic rings. The molecular formula is C22H27N3O4. The minimum atomic E-state index is -0.376. The van der Waals surface area contributed by atoms with E-state index in [1.165, 1.54) is 0 Å². The van der Waals surface area contributed by atoms with Crippen molar-refractivity contribution in [1.82, 2.24) is 10.2 Å². The highest BCUT2D eigenvalue weighted by Crippen LogP contribution is 2.26. The van der Waals surface area contributed by atoms with Gasteiger partial charge in [-0.3, -0.25) is 4.79 Å². The van der Waals surface area contributed by atoms with Crippen molar-refractivity contribution in [1.29, 1.82) is 0 Å². The van der Waals surface area contributed by atoms with Crippen LogP contribution in [0.5, 0.6) is 11.5 Å². The molecule has 154 valence electrons. The number of hydrogen-bond acceptors (Lipinski definition) is 4. The standard InChI is InChI=1S/C22H27N3O4/c1-16-8-7-9-17(21(26)25-13-5-6-14-25)20(16)24-22(27)23-12-15-29-19-11-4-3-10-18(19)28-2/h3-4,7-11H,5-6,12-15H2,1-2H3,(H2,23,24,27). The highest BCUT2D eigenvalue weighted by Gasteiger charge is 2.23. The van der Waals surface area contributed by atoms with Crippen LogP contribution in [0.4, 0.5) is 10.5 Å². The van der Waals surface area contributed by atoms with E-state index in [1.54, 1.807) is 13.2 Å². The van der Waals surface area contributed by atoms with Crippen LogP contribution in [0.2, 0.25) is 0 Å². The van der Waals surface area contributed by atoms with E-state index in [4.69, 9.17) is 9.47 Å². The third kappa shape index (κ3) is 5.19. The molecule has 0 radical (unpaired) electrons. The number of ether oxygens (including phenoxy) is 2. The molecule has 0 bridgehead atoms. The molecule has 29 heavy (non-hydrogen) atoms. The lowest BCUT2D eigenvalue weighted by molar-refractivity contribution is 0.0793. The molecule has 0 spiro atoms. The average Bonchev–Trinajstić information content (AvgIpc) is 3.27. The Balaban J connectivity index is 1.56. The van der Waals surface area contributed by atoms with Crippen molar-refractivity contribution in [2.24, 2.45) is 0 Å². The number of benzene rings is 2.